The van der Waals surface area contributed by atoms with Crippen LogP contribution in [0.4, 0.5) is 10.1 Å². The fourth-order valence-corrected chi connectivity index (χ4v) is 1.71. The summed E-state index contributed by atoms with van der Waals surface area (Å²) in [6, 6.07) is 2.35. The maximum absolute atomic E-state index is 12.9. The van der Waals surface area contributed by atoms with E-state index in [0.29, 0.717) is 18.7 Å². The van der Waals surface area contributed by atoms with Crippen LogP contribution >= 0.6 is 23.2 Å². The highest BCUT2D eigenvalue weighted by molar-refractivity contribution is 6.39. The van der Waals surface area contributed by atoms with Crippen LogP contribution in [0.15, 0.2) is 12.1 Å². The Morgan fingerprint density at radius 1 is 1.38 bits per heavy atom. The largest absolute Gasteiger partial charge is 0.388 e. The Bertz CT molecular complexity index is 359. The van der Waals surface area contributed by atoms with Gasteiger partial charge in [0.1, 0.15) is 5.82 Å². The molecule has 0 aliphatic carbocycles. The summed E-state index contributed by atoms with van der Waals surface area (Å²) in [5.74, 6) is -0.484. The summed E-state index contributed by atoms with van der Waals surface area (Å²) in [4.78, 5) is 0. The molecule has 1 unspecified atom stereocenters. The van der Waals surface area contributed by atoms with Crippen LogP contribution in [-0.4, -0.2) is 17.3 Å². The Balaban J connectivity index is 2.82. The second-order valence-corrected chi connectivity index (χ2v) is 4.76. The Kier molecular flexibility index (Phi) is 4.42. The van der Waals surface area contributed by atoms with Gasteiger partial charge in [-0.15, -0.1) is 0 Å². The molecule has 0 fully saturated rings. The third kappa shape index (κ3) is 3.51. The molecule has 90 valence electrons. The molecule has 1 aromatic carbocycles. The van der Waals surface area contributed by atoms with Crippen molar-refractivity contribution in [3.05, 3.63) is 28.0 Å². The van der Waals surface area contributed by atoms with Gasteiger partial charge in [-0.1, -0.05) is 30.1 Å². The Labute approximate surface area is 104 Å². The van der Waals surface area contributed by atoms with Crippen molar-refractivity contribution in [3.8, 4) is 0 Å². The lowest BCUT2D eigenvalue weighted by atomic mass is 10.0. The molecule has 0 heterocycles. The number of halogens is 3. The van der Waals surface area contributed by atoms with E-state index in [1.165, 1.54) is 12.1 Å². The summed E-state index contributed by atoms with van der Waals surface area (Å²) in [5, 5.41) is 13.1. The average molecular weight is 266 g/mol. The zero-order valence-electron chi connectivity index (χ0n) is 9.15. The van der Waals surface area contributed by atoms with Crippen molar-refractivity contribution in [2.24, 2.45) is 0 Å². The highest BCUT2D eigenvalue weighted by Gasteiger charge is 2.18. The van der Waals surface area contributed by atoms with Crippen molar-refractivity contribution in [1.29, 1.82) is 0 Å². The molecule has 2 N–H and O–H groups in total. The third-order valence-corrected chi connectivity index (χ3v) is 3.01. The Morgan fingerprint density at radius 3 is 2.31 bits per heavy atom. The Morgan fingerprint density at radius 2 is 1.88 bits per heavy atom. The topological polar surface area (TPSA) is 32.3 Å². The van der Waals surface area contributed by atoms with E-state index < -0.39 is 11.4 Å². The molecule has 2 nitrogen and oxygen atoms in total. The smallest absolute Gasteiger partial charge is 0.126 e. The van der Waals surface area contributed by atoms with Gasteiger partial charge in [-0.2, -0.15) is 0 Å². The standard InChI is InChI=1S/C11H14Cl2FNO/c1-3-11(2,16)6-15-10-8(12)4-7(14)5-9(10)13/h4-5,15-16H,3,6H2,1-2H3. The molecule has 1 aromatic rings. The van der Waals surface area contributed by atoms with Crippen LogP contribution in [0.5, 0.6) is 0 Å². The monoisotopic (exact) mass is 265 g/mol. The summed E-state index contributed by atoms with van der Waals surface area (Å²) < 4.78 is 12.9. The first-order valence-corrected chi connectivity index (χ1v) is 5.72. The van der Waals surface area contributed by atoms with E-state index in [0.717, 1.165) is 0 Å². The molecule has 16 heavy (non-hydrogen) atoms. The first-order chi connectivity index (χ1) is 7.35. The lowest BCUT2D eigenvalue weighted by Gasteiger charge is -2.23. The van der Waals surface area contributed by atoms with E-state index in [1.54, 1.807) is 6.92 Å². The van der Waals surface area contributed by atoms with Crippen molar-refractivity contribution in [2.75, 3.05) is 11.9 Å². The van der Waals surface area contributed by atoms with Gasteiger partial charge < -0.3 is 10.4 Å². The summed E-state index contributed by atoms with van der Waals surface area (Å²) in [5.41, 5.74) is -0.403. The van der Waals surface area contributed by atoms with Crippen LogP contribution < -0.4 is 5.32 Å². The Hall–Kier alpha value is -0.510. The molecule has 0 radical (unpaired) electrons. The average Bonchev–Trinajstić information content (AvgIpc) is 2.16. The van der Waals surface area contributed by atoms with Gasteiger partial charge in [0.05, 0.1) is 21.3 Å². The number of anilines is 1. The van der Waals surface area contributed by atoms with Gasteiger partial charge in [-0.3, -0.25) is 0 Å². The number of nitrogens with one attached hydrogen (secondary N) is 1. The van der Waals surface area contributed by atoms with Gasteiger partial charge in [0, 0.05) is 6.54 Å². The van der Waals surface area contributed by atoms with Gasteiger partial charge in [-0.05, 0) is 25.5 Å². The fourth-order valence-electron chi connectivity index (χ4n) is 1.11. The number of hydrogen-bond donors (Lipinski definition) is 2. The molecule has 0 aliphatic heterocycles. The van der Waals surface area contributed by atoms with Crippen LogP contribution in [0.25, 0.3) is 0 Å². The molecule has 1 rings (SSSR count). The van der Waals surface area contributed by atoms with Gasteiger partial charge in [0.15, 0.2) is 0 Å². The van der Waals surface area contributed by atoms with Crippen LogP contribution in [-0.2, 0) is 0 Å². The van der Waals surface area contributed by atoms with Crippen molar-refractivity contribution in [1.82, 2.24) is 0 Å². The van der Waals surface area contributed by atoms with Gasteiger partial charge in [-0.25, -0.2) is 4.39 Å². The molecule has 0 aliphatic rings. The van der Waals surface area contributed by atoms with Gasteiger partial charge >= 0.3 is 0 Å². The number of rotatable bonds is 4. The number of benzene rings is 1. The van der Waals surface area contributed by atoms with Crippen LogP contribution in [0, 0.1) is 5.82 Å². The normalized spacial score (nSPS) is 14.6. The molecule has 0 aromatic heterocycles. The van der Waals surface area contributed by atoms with E-state index in [-0.39, 0.29) is 10.0 Å². The molecule has 0 spiro atoms. The highest BCUT2D eigenvalue weighted by atomic mass is 35.5. The maximum atomic E-state index is 12.9. The zero-order valence-corrected chi connectivity index (χ0v) is 10.7. The van der Waals surface area contributed by atoms with Gasteiger partial charge in [0.25, 0.3) is 0 Å². The van der Waals surface area contributed by atoms with Gasteiger partial charge in [0.2, 0.25) is 0 Å². The fraction of sp³-hybridized carbons (Fsp3) is 0.455. The van der Waals surface area contributed by atoms with Crippen molar-refractivity contribution in [3.63, 3.8) is 0 Å². The molecular formula is C11H14Cl2FNO. The first-order valence-electron chi connectivity index (χ1n) is 4.96. The summed E-state index contributed by atoms with van der Waals surface area (Å²) in [6.45, 7) is 3.87. The number of aliphatic hydroxyl groups is 1. The third-order valence-electron chi connectivity index (χ3n) is 2.41. The maximum Gasteiger partial charge on any atom is 0.126 e. The lowest BCUT2D eigenvalue weighted by molar-refractivity contribution is 0.0697. The minimum absolute atomic E-state index is 0.205. The summed E-state index contributed by atoms with van der Waals surface area (Å²) in [7, 11) is 0. The predicted molar refractivity (Wildman–Crippen MR) is 65.8 cm³/mol. The van der Waals surface area contributed by atoms with Crippen molar-refractivity contribution in [2.45, 2.75) is 25.9 Å². The SMILES string of the molecule is CCC(C)(O)CNc1c(Cl)cc(F)cc1Cl. The van der Waals surface area contributed by atoms with E-state index >= 15 is 0 Å². The molecular weight excluding hydrogens is 252 g/mol. The van der Waals surface area contributed by atoms with Crippen molar-refractivity contribution < 1.29 is 9.50 Å². The molecule has 0 saturated heterocycles. The number of hydrogen-bond acceptors (Lipinski definition) is 2. The van der Waals surface area contributed by atoms with E-state index in [1.807, 2.05) is 6.92 Å². The minimum atomic E-state index is -0.846. The van der Waals surface area contributed by atoms with E-state index in [9.17, 15) is 9.50 Å². The second kappa shape index (κ2) is 5.21. The molecule has 1 atom stereocenters. The molecule has 0 saturated carbocycles. The summed E-state index contributed by atoms with van der Waals surface area (Å²) in [6.07, 6.45) is 0.594. The molecule has 0 amide bonds. The highest BCUT2D eigenvalue weighted by Crippen LogP contribution is 2.31. The second-order valence-electron chi connectivity index (χ2n) is 3.95. The minimum Gasteiger partial charge on any atom is -0.388 e. The van der Waals surface area contributed by atoms with Crippen LogP contribution in [0.2, 0.25) is 10.0 Å². The van der Waals surface area contributed by atoms with E-state index in [4.69, 9.17) is 23.2 Å². The predicted octanol–water partition coefficient (Wildman–Crippen LogP) is 3.71. The quantitative estimate of drug-likeness (QED) is 0.870. The van der Waals surface area contributed by atoms with Crippen LogP contribution in [0.1, 0.15) is 20.3 Å². The van der Waals surface area contributed by atoms with Crippen molar-refractivity contribution >= 4 is 28.9 Å². The molecule has 5 heteroatoms. The first kappa shape index (κ1) is 13.6. The van der Waals surface area contributed by atoms with E-state index in [2.05, 4.69) is 5.32 Å². The molecule has 0 bridgehead atoms. The van der Waals surface area contributed by atoms with Crippen LogP contribution in [0.3, 0.4) is 0 Å². The lowest BCUT2D eigenvalue weighted by Crippen LogP contribution is -2.32. The summed E-state index contributed by atoms with van der Waals surface area (Å²) >= 11 is 11.7. The zero-order chi connectivity index (χ0) is 12.3.